The molecule has 104 valence electrons. The van der Waals surface area contributed by atoms with Gasteiger partial charge in [0.05, 0.1) is 6.54 Å². The standard InChI is InChI=1S/C13H21N2O.2ClH/c1-14-15(10-8-13(16)11-15)9-7-12-5-3-2-4-6-12;;/h2-6,13-14,16H,7-11H2,1H3;2*1H/q+1;;/t13-,15-;;/m0../s1. The molecular weight excluding hydrogens is 271 g/mol. The lowest BCUT2D eigenvalue weighted by atomic mass is 10.1. The molecule has 0 unspecified atom stereocenters. The molecule has 1 saturated heterocycles. The fourth-order valence-corrected chi connectivity index (χ4v) is 2.49. The third kappa shape index (κ3) is 4.41. The highest BCUT2D eigenvalue weighted by molar-refractivity contribution is 5.85. The average molecular weight is 294 g/mol. The van der Waals surface area contributed by atoms with E-state index in [2.05, 4.69) is 29.7 Å². The lowest BCUT2D eigenvalue weighted by molar-refractivity contribution is -0.957. The first-order valence-electron chi connectivity index (χ1n) is 6.01. The molecule has 0 radical (unpaired) electrons. The number of nitrogens with one attached hydrogen (secondary N) is 1. The van der Waals surface area contributed by atoms with Crippen molar-refractivity contribution in [3.63, 3.8) is 0 Å². The van der Waals surface area contributed by atoms with E-state index in [0.717, 1.165) is 37.1 Å². The molecule has 1 aromatic carbocycles. The van der Waals surface area contributed by atoms with Crippen LogP contribution in [0.2, 0.25) is 0 Å². The van der Waals surface area contributed by atoms with E-state index in [1.54, 1.807) is 0 Å². The molecule has 5 heteroatoms. The van der Waals surface area contributed by atoms with E-state index in [-0.39, 0.29) is 30.9 Å². The maximum absolute atomic E-state index is 9.64. The molecule has 2 rings (SSSR count). The van der Waals surface area contributed by atoms with E-state index in [0.29, 0.717) is 0 Å². The summed E-state index contributed by atoms with van der Waals surface area (Å²) in [4.78, 5) is 0. The van der Waals surface area contributed by atoms with Crippen molar-refractivity contribution >= 4 is 24.8 Å². The molecule has 3 nitrogen and oxygen atoms in total. The Morgan fingerprint density at radius 2 is 1.94 bits per heavy atom. The minimum absolute atomic E-state index is 0. The zero-order chi connectivity index (χ0) is 11.4. The topological polar surface area (TPSA) is 32.3 Å². The first-order valence-corrected chi connectivity index (χ1v) is 6.01. The van der Waals surface area contributed by atoms with Gasteiger partial charge in [-0.1, -0.05) is 30.3 Å². The molecule has 1 aliphatic rings. The summed E-state index contributed by atoms with van der Waals surface area (Å²) in [6, 6.07) is 10.5. The Hall–Kier alpha value is -0.320. The second kappa shape index (κ2) is 7.97. The van der Waals surface area contributed by atoms with Crippen molar-refractivity contribution in [3.05, 3.63) is 35.9 Å². The fraction of sp³-hybridized carbons (Fsp3) is 0.538. The van der Waals surface area contributed by atoms with Crippen LogP contribution in [0.15, 0.2) is 30.3 Å². The van der Waals surface area contributed by atoms with E-state index in [1.807, 2.05) is 13.1 Å². The van der Waals surface area contributed by atoms with Crippen molar-refractivity contribution in [1.82, 2.24) is 5.43 Å². The SMILES string of the molecule is CN[N@@+]1(CCc2ccccc2)CC[C@H](O)C1.Cl.Cl. The average Bonchev–Trinajstić information content (AvgIpc) is 2.71. The minimum Gasteiger partial charge on any atom is -0.387 e. The van der Waals surface area contributed by atoms with Crippen LogP contribution in [0.4, 0.5) is 0 Å². The van der Waals surface area contributed by atoms with E-state index < -0.39 is 0 Å². The van der Waals surface area contributed by atoms with Crippen LogP contribution in [0, 0.1) is 0 Å². The molecular formula is C13H23Cl2N2O+. The number of nitrogens with zero attached hydrogens (tertiary/aromatic N) is 1. The van der Waals surface area contributed by atoms with Crippen LogP contribution in [0.3, 0.4) is 0 Å². The lowest BCUT2D eigenvalue weighted by Crippen LogP contribution is -2.56. The third-order valence-electron chi connectivity index (χ3n) is 3.60. The van der Waals surface area contributed by atoms with Crippen molar-refractivity contribution in [1.29, 1.82) is 0 Å². The molecule has 18 heavy (non-hydrogen) atoms. The molecule has 1 fully saturated rings. The molecule has 2 atom stereocenters. The summed E-state index contributed by atoms with van der Waals surface area (Å²) < 4.78 is 0.843. The molecule has 1 aromatic rings. The second-order valence-electron chi connectivity index (χ2n) is 4.68. The maximum Gasteiger partial charge on any atom is 0.123 e. The van der Waals surface area contributed by atoms with Gasteiger partial charge in [-0.15, -0.1) is 24.8 Å². The van der Waals surface area contributed by atoms with Gasteiger partial charge in [0.25, 0.3) is 0 Å². The van der Waals surface area contributed by atoms with E-state index in [9.17, 15) is 5.11 Å². The Morgan fingerprint density at radius 3 is 2.44 bits per heavy atom. The van der Waals surface area contributed by atoms with Crippen molar-refractivity contribution in [2.24, 2.45) is 0 Å². The summed E-state index contributed by atoms with van der Waals surface area (Å²) in [5.41, 5.74) is 4.73. The zero-order valence-corrected chi connectivity index (χ0v) is 12.3. The Bertz CT molecular complexity index is 337. The van der Waals surface area contributed by atoms with E-state index >= 15 is 0 Å². The Morgan fingerprint density at radius 1 is 1.28 bits per heavy atom. The number of rotatable bonds is 4. The number of quaternary nitrogens is 1. The van der Waals surface area contributed by atoms with Crippen LogP contribution in [-0.2, 0) is 6.42 Å². The summed E-state index contributed by atoms with van der Waals surface area (Å²) in [7, 11) is 1.99. The molecule has 1 heterocycles. The Labute approximate surface area is 122 Å². The molecule has 0 amide bonds. The Balaban J connectivity index is 0.00000144. The van der Waals surface area contributed by atoms with Gasteiger partial charge in [-0.3, -0.25) is 0 Å². The quantitative estimate of drug-likeness (QED) is 0.830. The number of likely N-dealkylation sites (tertiary alicyclic amines) is 1. The predicted molar refractivity (Wildman–Crippen MR) is 79.2 cm³/mol. The van der Waals surface area contributed by atoms with Gasteiger partial charge in [-0.25, -0.2) is 4.59 Å². The zero-order valence-electron chi connectivity index (χ0n) is 10.7. The van der Waals surface area contributed by atoms with Crippen molar-refractivity contribution < 1.29 is 9.70 Å². The van der Waals surface area contributed by atoms with E-state index in [4.69, 9.17) is 0 Å². The molecule has 1 aliphatic heterocycles. The summed E-state index contributed by atoms with van der Waals surface area (Å²) in [6.07, 6.45) is 1.84. The fourth-order valence-electron chi connectivity index (χ4n) is 2.49. The summed E-state index contributed by atoms with van der Waals surface area (Å²) >= 11 is 0. The number of aliphatic hydroxyl groups excluding tert-OH is 1. The predicted octanol–water partition coefficient (Wildman–Crippen LogP) is 1.79. The highest BCUT2D eigenvalue weighted by Gasteiger charge is 2.36. The van der Waals surface area contributed by atoms with Gasteiger partial charge in [-0.05, 0) is 5.56 Å². The normalized spacial score (nSPS) is 26.2. The van der Waals surface area contributed by atoms with Crippen LogP contribution in [0.5, 0.6) is 0 Å². The second-order valence-corrected chi connectivity index (χ2v) is 4.68. The van der Waals surface area contributed by atoms with Crippen LogP contribution in [-0.4, -0.2) is 42.5 Å². The van der Waals surface area contributed by atoms with Crippen LogP contribution < -0.4 is 5.43 Å². The van der Waals surface area contributed by atoms with Gasteiger partial charge < -0.3 is 5.11 Å². The first kappa shape index (κ1) is 17.7. The highest BCUT2D eigenvalue weighted by Crippen LogP contribution is 2.17. The lowest BCUT2D eigenvalue weighted by Gasteiger charge is -2.32. The van der Waals surface area contributed by atoms with Gasteiger partial charge in [0.2, 0.25) is 0 Å². The van der Waals surface area contributed by atoms with E-state index in [1.165, 1.54) is 5.56 Å². The Kier molecular flexibility index (Phi) is 7.83. The smallest absolute Gasteiger partial charge is 0.123 e. The highest BCUT2D eigenvalue weighted by atomic mass is 35.5. The molecule has 0 aromatic heterocycles. The number of aliphatic hydroxyl groups is 1. The number of hydrogen-bond acceptors (Lipinski definition) is 2. The molecule has 0 aliphatic carbocycles. The minimum atomic E-state index is -0.136. The third-order valence-corrected chi connectivity index (χ3v) is 3.60. The van der Waals surface area contributed by atoms with Gasteiger partial charge in [-0.2, -0.15) is 5.43 Å². The largest absolute Gasteiger partial charge is 0.387 e. The van der Waals surface area contributed by atoms with Crippen LogP contribution in [0.1, 0.15) is 12.0 Å². The van der Waals surface area contributed by atoms with Gasteiger partial charge in [0.1, 0.15) is 19.2 Å². The van der Waals surface area contributed by atoms with Gasteiger partial charge in [0.15, 0.2) is 0 Å². The molecule has 0 spiro atoms. The molecule has 0 saturated carbocycles. The number of hydrogen-bond donors (Lipinski definition) is 2. The van der Waals surface area contributed by atoms with Crippen molar-refractivity contribution in [3.8, 4) is 0 Å². The van der Waals surface area contributed by atoms with Crippen molar-refractivity contribution in [2.75, 3.05) is 26.7 Å². The maximum atomic E-state index is 9.64. The molecule has 2 N–H and O–H groups in total. The summed E-state index contributed by atoms with van der Waals surface area (Å²) in [6.45, 7) is 2.92. The monoisotopic (exact) mass is 293 g/mol. The molecule has 0 bridgehead atoms. The van der Waals surface area contributed by atoms with Gasteiger partial charge in [0, 0.05) is 19.9 Å². The van der Waals surface area contributed by atoms with Crippen LogP contribution in [0.25, 0.3) is 0 Å². The van der Waals surface area contributed by atoms with Gasteiger partial charge >= 0.3 is 0 Å². The van der Waals surface area contributed by atoms with Crippen molar-refractivity contribution in [2.45, 2.75) is 18.9 Å². The summed E-state index contributed by atoms with van der Waals surface area (Å²) in [5, 5.41) is 9.64. The summed E-state index contributed by atoms with van der Waals surface area (Å²) in [5.74, 6) is 0. The number of halogens is 2. The van der Waals surface area contributed by atoms with Crippen LogP contribution >= 0.6 is 24.8 Å². The first-order chi connectivity index (χ1) is 7.74. The number of benzene rings is 1.